The van der Waals surface area contributed by atoms with Crippen molar-refractivity contribution in [2.45, 2.75) is 51.0 Å². The van der Waals surface area contributed by atoms with Crippen molar-refractivity contribution in [1.29, 1.82) is 0 Å². The zero-order valence-electron chi connectivity index (χ0n) is 13.2. The topological polar surface area (TPSA) is 90.5 Å². The van der Waals surface area contributed by atoms with E-state index >= 15 is 0 Å². The Balaban J connectivity index is 1.71. The van der Waals surface area contributed by atoms with Gasteiger partial charge in [-0.25, -0.2) is 4.79 Å². The first kappa shape index (κ1) is 16.7. The lowest BCUT2D eigenvalue weighted by Crippen LogP contribution is -2.44. The molecular weight excluding hydrogens is 284 g/mol. The van der Waals surface area contributed by atoms with Crippen LogP contribution < -0.4 is 16.0 Å². The molecule has 0 radical (unpaired) electrons. The van der Waals surface area contributed by atoms with E-state index < -0.39 is 5.54 Å². The molecule has 4 amide bonds. The van der Waals surface area contributed by atoms with Gasteiger partial charge in [-0.1, -0.05) is 19.8 Å². The molecule has 1 aliphatic heterocycles. The van der Waals surface area contributed by atoms with Gasteiger partial charge in [0.25, 0.3) is 5.91 Å². The highest BCUT2D eigenvalue weighted by Gasteiger charge is 2.52. The van der Waals surface area contributed by atoms with Gasteiger partial charge in [-0.3, -0.25) is 14.5 Å². The lowest BCUT2D eigenvalue weighted by Gasteiger charge is -2.19. The lowest BCUT2D eigenvalue weighted by atomic mass is 9.98. The van der Waals surface area contributed by atoms with Gasteiger partial charge < -0.3 is 16.0 Å². The van der Waals surface area contributed by atoms with Crippen molar-refractivity contribution < 1.29 is 14.4 Å². The fraction of sp³-hybridized carbons (Fsp3) is 0.800. The molecule has 0 unspecified atom stereocenters. The van der Waals surface area contributed by atoms with E-state index in [0.29, 0.717) is 19.4 Å². The first-order valence-corrected chi connectivity index (χ1v) is 8.20. The number of carbonyl (C=O) groups is 3. The number of hydrogen-bond donors (Lipinski definition) is 3. The summed E-state index contributed by atoms with van der Waals surface area (Å²) >= 11 is 0. The van der Waals surface area contributed by atoms with E-state index in [1.807, 2.05) is 0 Å². The van der Waals surface area contributed by atoms with Gasteiger partial charge in [-0.15, -0.1) is 0 Å². The lowest BCUT2D eigenvalue weighted by molar-refractivity contribution is -0.131. The molecule has 22 heavy (non-hydrogen) atoms. The van der Waals surface area contributed by atoms with Gasteiger partial charge in [0.05, 0.1) is 0 Å². The zero-order valence-corrected chi connectivity index (χ0v) is 13.2. The van der Waals surface area contributed by atoms with Crippen LogP contribution in [0.3, 0.4) is 0 Å². The van der Waals surface area contributed by atoms with Gasteiger partial charge in [0, 0.05) is 26.1 Å². The van der Waals surface area contributed by atoms with Crippen LogP contribution in [0.25, 0.3) is 0 Å². The third-order valence-electron chi connectivity index (χ3n) is 4.32. The van der Waals surface area contributed by atoms with E-state index in [-0.39, 0.29) is 30.8 Å². The number of rotatable bonds is 8. The molecule has 2 aliphatic rings. The van der Waals surface area contributed by atoms with E-state index in [0.717, 1.165) is 32.4 Å². The smallest absolute Gasteiger partial charge is 0.325 e. The summed E-state index contributed by atoms with van der Waals surface area (Å²) in [4.78, 5) is 37.3. The standard InChI is InChI=1S/C15H26N4O3/c1-2-8-16-9-10-17-12(20)5-11-19-13(21)15(18-14(19)22)6-3-4-7-15/h16H,2-11H2,1H3,(H,17,20)(H,18,22). The van der Waals surface area contributed by atoms with E-state index in [9.17, 15) is 14.4 Å². The Morgan fingerprint density at radius 3 is 2.64 bits per heavy atom. The van der Waals surface area contributed by atoms with Crippen LogP contribution >= 0.6 is 0 Å². The molecule has 0 aromatic carbocycles. The summed E-state index contributed by atoms with van der Waals surface area (Å²) in [5, 5.41) is 8.79. The molecule has 2 fully saturated rings. The first-order chi connectivity index (χ1) is 10.6. The molecule has 7 heteroatoms. The van der Waals surface area contributed by atoms with E-state index in [4.69, 9.17) is 0 Å². The second kappa shape index (κ2) is 7.58. The summed E-state index contributed by atoms with van der Waals surface area (Å²) in [6.45, 7) is 4.45. The molecule has 0 aromatic rings. The average molecular weight is 310 g/mol. The second-order valence-corrected chi connectivity index (χ2v) is 6.03. The van der Waals surface area contributed by atoms with Gasteiger partial charge in [-0.2, -0.15) is 0 Å². The van der Waals surface area contributed by atoms with Crippen molar-refractivity contribution in [2.24, 2.45) is 0 Å². The Hall–Kier alpha value is -1.63. The zero-order chi connectivity index (χ0) is 16.0. The third kappa shape index (κ3) is 3.76. The fourth-order valence-electron chi connectivity index (χ4n) is 3.09. The monoisotopic (exact) mass is 310 g/mol. The van der Waals surface area contributed by atoms with Crippen molar-refractivity contribution in [3.05, 3.63) is 0 Å². The normalized spacial score (nSPS) is 19.8. The highest BCUT2D eigenvalue weighted by Crippen LogP contribution is 2.34. The summed E-state index contributed by atoms with van der Waals surface area (Å²) in [5.41, 5.74) is -0.683. The van der Waals surface area contributed by atoms with E-state index in [1.165, 1.54) is 4.90 Å². The van der Waals surface area contributed by atoms with Crippen LogP contribution in [-0.4, -0.2) is 54.5 Å². The molecule has 1 saturated heterocycles. The second-order valence-electron chi connectivity index (χ2n) is 6.03. The van der Waals surface area contributed by atoms with Crippen LogP contribution in [0.5, 0.6) is 0 Å². The number of hydrogen-bond acceptors (Lipinski definition) is 4. The molecule has 0 bridgehead atoms. The molecule has 3 N–H and O–H groups in total. The van der Waals surface area contributed by atoms with Crippen molar-refractivity contribution in [1.82, 2.24) is 20.9 Å². The summed E-state index contributed by atoms with van der Waals surface area (Å²) in [7, 11) is 0. The summed E-state index contributed by atoms with van der Waals surface area (Å²) in [6.07, 6.45) is 4.56. The molecule has 1 saturated carbocycles. The Kier molecular flexibility index (Phi) is 5.76. The predicted octanol–water partition coefficient (Wildman–Crippen LogP) is 0.357. The van der Waals surface area contributed by atoms with Gasteiger partial charge in [0.1, 0.15) is 5.54 Å². The Morgan fingerprint density at radius 2 is 1.95 bits per heavy atom. The molecule has 0 aromatic heterocycles. The Bertz CT molecular complexity index is 433. The van der Waals surface area contributed by atoms with Crippen molar-refractivity contribution in [3.63, 3.8) is 0 Å². The molecule has 1 aliphatic carbocycles. The average Bonchev–Trinajstić information content (AvgIpc) is 3.04. The number of nitrogens with zero attached hydrogens (tertiary/aromatic N) is 1. The van der Waals surface area contributed by atoms with E-state index in [1.54, 1.807) is 0 Å². The summed E-state index contributed by atoms with van der Waals surface area (Å²) < 4.78 is 0. The third-order valence-corrected chi connectivity index (χ3v) is 4.32. The quantitative estimate of drug-likeness (QED) is 0.446. The first-order valence-electron chi connectivity index (χ1n) is 8.20. The van der Waals surface area contributed by atoms with Crippen LogP contribution in [-0.2, 0) is 9.59 Å². The molecule has 0 atom stereocenters. The minimum atomic E-state index is -0.683. The number of amides is 4. The SMILES string of the molecule is CCCNCCNC(=O)CCN1C(=O)NC2(CCCC2)C1=O. The molecule has 2 rings (SSSR count). The fourth-order valence-corrected chi connectivity index (χ4v) is 3.09. The maximum atomic E-state index is 12.4. The number of urea groups is 1. The maximum absolute atomic E-state index is 12.4. The molecule has 1 heterocycles. The number of imide groups is 1. The minimum absolute atomic E-state index is 0.133. The molecule has 124 valence electrons. The predicted molar refractivity (Wildman–Crippen MR) is 82.2 cm³/mol. The molecular formula is C15H26N4O3. The van der Waals surface area contributed by atoms with Crippen LogP contribution in [0.15, 0.2) is 0 Å². The van der Waals surface area contributed by atoms with E-state index in [2.05, 4.69) is 22.9 Å². The maximum Gasteiger partial charge on any atom is 0.325 e. The molecule has 1 spiro atoms. The Morgan fingerprint density at radius 1 is 1.23 bits per heavy atom. The van der Waals surface area contributed by atoms with Crippen LogP contribution in [0.2, 0.25) is 0 Å². The van der Waals surface area contributed by atoms with Gasteiger partial charge in [0.2, 0.25) is 5.91 Å². The van der Waals surface area contributed by atoms with Crippen LogP contribution in [0.4, 0.5) is 4.79 Å². The van der Waals surface area contributed by atoms with Crippen molar-refractivity contribution in [2.75, 3.05) is 26.2 Å². The molecule has 7 nitrogen and oxygen atoms in total. The van der Waals surface area contributed by atoms with Crippen LogP contribution in [0, 0.1) is 0 Å². The summed E-state index contributed by atoms with van der Waals surface area (Å²) in [6, 6.07) is -0.357. The Labute approximate surface area is 131 Å². The summed E-state index contributed by atoms with van der Waals surface area (Å²) in [5.74, 6) is -0.293. The van der Waals surface area contributed by atoms with Crippen molar-refractivity contribution >= 4 is 17.8 Å². The number of nitrogens with one attached hydrogen (secondary N) is 3. The minimum Gasteiger partial charge on any atom is -0.355 e. The largest absolute Gasteiger partial charge is 0.355 e. The van der Waals surface area contributed by atoms with Crippen LogP contribution in [0.1, 0.15) is 45.4 Å². The number of carbonyl (C=O) groups excluding carboxylic acids is 3. The van der Waals surface area contributed by atoms with Gasteiger partial charge in [-0.05, 0) is 25.8 Å². The van der Waals surface area contributed by atoms with Crippen molar-refractivity contribution in [3.8, 4) is 0 Å². The highest BCUT2D eigenvalue weighted by atomic mass is 16.2. The highest BCUT2D eigenvalue weighted by molar-refractivity contribution is 6.07. The van der Waals surface area contributed by atoms with Gasteiger partial charge >= 0.3 is 6.03 Å². The van der Waals surface area contributed by atoms with Gasteiger partial charge in [0.15, 0.2) is 0 Å².